The van der Waals surface area contributed by atoms with Crippen molar-refractivity contribution in [1.82, 2.24) is 14.8 Å². The van der Waals surface area contributed by atoms with E-state index >= 15 is 0 Å². The van der Waals surface area contributed by atoms with Gasteiger partial charge in [-0.1, -0.05) is 11.8 Å². The number of nitrogens with zero attached hydrogens (tertiary/aromatic N) is 3. The first-order valence-corrected chi connectivity index (χ1v) is 8.57. The molecule has 2 aliphatic heterocycles. The minimum atomic E-state index is -4.55. The lowest BCUT2D eigenvalue weighted by atomic mass is 10.0. The van der Waals surface area contributed by atoms with E-state index in [1.165, 1.54) is 9.80 Å². The minimum absolute atomic E-state index is 0.0790. The van der Waals surface area contributed by atoms with Crippen LogP contribution in [-0.4, -0.2) is 56.7 Å². The molecule has 6 nitrogen and oxygen atoms in total. The summed E-state index contributed by atoms with van der Waals surface area (Å²) in [5, 5.41) is -0.262. The van der Waals surface area contributed by atoms with Crippen LogP contribution < -0.4 is 0 Å². The monoisotopic (exact) mass is 373 g/mol. The summed E-state index contributed by atoms with van der Waals surface area (Å²) in [6, 6.07) is 1.65. The van der Waals surface area contributed by atoms with E-state index in [1.54, 1.807) is 0 Å². The molecule has 0 aliphatic carbocycles. The maximum atomic E-state index is 12.5. The van der Waals surface area contributed by atoms with Crippen LogP contribution in [0.4, 0.5) is 18.0 Å². The molecule has 0 saturated carbocycles. The van der Waals surface area contributed by atoms with E-state index in [4.69, 9.17) is 0 Å². The van der Waals surface area contributed by atoms with Gasteiger partial charge in [0.1, 0.15) is 5.69 Å². The summed E-state index contributed by atoms with van der Waals surface area (Å²) in [5.41, 5.74) is -0.971. The van der Waals surface area contributed by atoms with Crippen LogP contribution in [0.2, 0.25) is 0 Å². The molecule has 3 rings (SSSR count). The van der Waals surface area contributed by atoms with E-state index in [-0.39, 0.29) is 28.5 Å². The third kappa shape index (κ3) is 3.63. The Hall–Kier alpha value is -2.10. The number of pyridine rings is 1. The number of carbonyl (C=O) groups is 3. The maximum Gasteiger partial charge on any atom is 0.433 e. The quantitative estimate of drug-likeness (QED) is 0.796. The zero-order chi connectivity index (χ0) is 18.2. The van der Waals surface area contributed by atoms with Crippen molar-refractivity contribution in [3.8, 4) is 0 Å². The Bertz CT molecular complexity index is 684. The number of amides is 3. The molecule has 2 fully saturated rings. The van der Waals surface area contributed by atoms with E-state index in [1.807, 2.05) is 0 Å². The second-order valence-electron chi connectivity index (χ2n) is 5.77. The summed E-state index contributed by atoms with van der Waals surface area (Å²) in [6.45, 7) is 0.651. The molecule has 0 bridgehead atoms. The average Bonchev–Trinajstić information content (AvgIpc) is 2.92. The molecule has 2 saturated heterocycles. The SMILES string of the molecule is O=C(c1ccc(C(F)(F)F)nc1)N1CCC(N2C(=O)CSC2=O)CC1. The molecule has 0 N–H and O–H groups in total. The number of thioether (sulfide) groups is 1. The highest BCUT2D eigenvalue weighted by Crippen LogP contribution is 2.29. The minimum Gasteiger partial charge on any atom is -0.338 e. The Morgan fingerprint density at radius 1 is 1.20 bits per heavy atom. The Balaban J connectivity index is 1.62. The van der Waals surface area contributed by atoms with Crippen molar-refractivity contribution in [3.05, 3.63) is 29.6 Å². The number of alkyl halides is 3. The van der Waals surface area contributed by atoms with Crippen molar-refractivity contribution in [2.45, 2.75) is 25.1 Å². The van der Waals surface area contributed by atoms with Crippen molar-refractivity contribution in [3.63, 3.8) is 0 Å². The van der Waals surface area contributed by atoms with Gasteiger partial charge in [-0.05, 0) is 25.0 Å². The van der Waals surface area contributed by atoms with Crippen LogP contribution in [0.1, 0.15) is 28.9 Å². The number of aromatic nitrogens is 1. The molecule has 3 amide bonds. The second-order valence-corrected chi connectivity index (χ2v) is 6.70. The number of imide groups is 1. The van der Waals surface area contributed by atoms with E-state index in [0.717, 1.165) is 30.1 Å². The van der Waals surface area contributed by atoms with Crippen LogP contribution in [0.25, 0.3) is 0 Å². The fraction of sp³-hybridized carbons (Fsp3) is 0.467. The molecule has 1 aromatic rings. The highest BCUT2D eigenvalue weighted by atomic mass is 32.2. The normalized spacial score (nSPS) is 19.6. The standard InChI is InChI=1S/C15H14F3N3O3S/c16-15(17,18)11-2-1-9(7-19-11)13(23)20-5-3-10(4-6-20)21-12(22)8-25-14(21)24/h1-2,7,10H,3-6,8H2. The summed E-state index contributed by atoms with van der Waals surface area (Å²) in [5.74, 6) is -0.477. The molecule has 1 aromatic heterocycles. The molecule has 0 aromatic carbocycles. The molecule has 0 atom stereocenters. The van der Waals surface area contributed by atoms with Crippen molar-refractivity contribution in [2.24, 2.45) is 0 Å². The molecule has 2 aliphatic rings. The van der Waals surface area contributed by atoms with Gasteiger partial charge in [0, 0.05) is 25.3 Å². The summed E-state index contributed by atoms with van der Waals surface area (Å²) < 4.78 is 37.5. The average molecular weight is 373 g/mol. The third-order valence-corrected chi connectivity index (χ3v) is 5.04. The lowest BCUT2D eigenvalue weighted by Gasteiger charge is -2.35. The predicted octanol–water partition coefficient (Wildman–Crippen LogP) is 2.40. The van der Waals surface area contributed by atoms with Gasteiger partial charge in [-0.2, -0.15) is 13.2 Å². The molecule has 0 unspecified atom stereocenters. The van der Waals surface area contributed by atoms with Crippen molar-refractivity contribution in [1.29, 1.82) is 0 Å². The lowest BCUT2D eigenvalue weighted by Crippen LogP contribution is -2.48. The van der Waals surface area contributed by atoms with Gasteiger partial charge in [0.15, 0.2) is 0 Å². The Kier molecular flexibility index (Phi) is 4.72. The summed E-state index contributed by atoms with van der Waals surface area (Å²) in [6.07, 6.45) is -2.72. The van der Waals surface area contributed by atoms with Gasteiger partial charge >= 0.3 is 6.18 Å². The number of carbonyl (C=O) groups excluding carboxylic acids is 3. The zero-order valence-electron chi connectivity index (χ0n) is 13.0. The first kappa shape index (κ1) is 17.7. The predicted molar refractivity (Wildman–Crippen MR) is 82.9 cm³/mol. The molecule has 134 valence electrons. The molecule has 10 heteroatoms. The van der Waals surface area contributed by atoms with Crippen LogP contribution in [-0.2, 0) is 11.0 Å². The second kappa shape index (κ2) is 6.66. The highest BCUT2D eigenvalue weighted by molar-refractivity contribution is 8.14. The number of hydrogen-bond acceptors (Lipinski definition) is 5. The first-order chi connectivity index (χ1) is 11.8. The van der Waals surface area contributed by atoms with Gasteiger partial charge in [-0.25, -0.2) is 0 Å². The summed E-state index contributed by atoms with van der Waals surface area (Å²) in [7, 11) is 0. The number of piperidine rings is 1. The van der Waals surface area contributed by atoms with Gasteiger partial charge < -0.3 is 4.90 Å². The fourth-order valence-electron chi connectivity index (χ4n) is 2.91. The van der Waals surface area contributed by atoms with Gasteiger partial charge in [-0.15, -0.1) is 0 Å². The fourth-order valence-corrected chi connectivity index (χ4v) is 3.69. The lowest BCUT2D eigenvalue weighted by molar-refractivity contribution is -0.141. The van der Waals surface area contributed by atoms with Gasteiger partial charge in [0.05, 0.1) is 11.3 Å². The van der Waals surface area contributed by atoms with Crippen LogP contribution in [0.15, 0.2) is 18.3 Å². The largest absolute Gasteiger partial charge is 0.433 e. The third-order valence-electron chi connectivity index (χ3n) is 4.20. The zero-order valence-corrected chi connectivity index (χ0v) is 13.8. The van der Waals surface area contributed by atoms with Crippen molar-refractivity contribution >= 4 is 28.8 Å². The first-order valence-electron chi connectivity index (χ1n) is 7.58. The Labute approximate surface area is 145 Å². The van der Waals surface area contributed by atoms with E-state index < -0.39 is 17.8 Å². The van der Waals surface area contributed by atoms with E-state index in [0.29, 0.717) is 25.9 Å². The number of rotatable bonds is 2. The maximum absolute atomic E-state index is 12.5. The van der Waals surface area contributed by atoms with Crippen molar-refractivity contribution < 1.29 is 27.6 Å². The molecular formula is C15H14F3N3O3S. The summed E-state index contributed by atoms with van der Waals surface area (Å²) >= 11 is 0.971. The molecule has 3 heterocycles. The van der Waals surface area contributed by atoms with Crippen LogP contribution in [0.5, 0.6) is 0 Å². The van der Waals surface area contributed by atoms with Gasteiger partial charge in [0.25, 0.3) is 11.1 Å². The Morgan fingerprint density at radius 3 is 2.36 bits per heavy atom. The topological polar surface area (TPSA) is 70.6 Å². The highest BCUT2D eigenvalue weighted by Gasteiger charge is 2.38. The van der Waals surface area contributed by atoms with E-state index in [2.05, 4.69) is 4.98 Å². The smallest absolute Gasteiger partial charge is 0.338 e. The molecule has 0 spiro atoms. The molecular weight excluding hydrogens is 359 g/mol. The number of hydrogen-bond donors (Lipinski definition) is 0. The number of likely N-dealkylation sites (tertiary alicyclic amines) is 1. The number of halogens is 3. The van der Waals surface area contributed by atoms with Crippen LogP contribution in [0, 0.1) is 0 Å². The van der Waals surface area contributed by atoms with Crippen LogP contribution in [0.3, 0.4) is 0 Å². The van der Waals surface area contributed by atoms with Gasteiger partial charge in [0.2, 0.25) is 5.91 Å². The van der Waals surface area contributed by atoms with Crippen molar-refractivity contribution in [2.75, 3.05) is 18.8 Å². The van der Waals surface area contributed by atoms with Gasteiger partial charge in [-0.3, -0.25) is 24.3 Å². The van der Waals surface area contributed by atoms with E-state index in [9.17, 15) is 27.6 Å². The summed E-state index contributed by atoms with van der Waals surface area (Å²) in [4.78, 5) is 41.9. The van der Waals surface area contributed by atoms with Crippen LogP contribution >= 0.6 is 11.8 Å². The Morgan fingerprint density at radius 2 is 1.88 bits per heavy atom. The molecule has 25 heavy (non-hydrogen) atoms. The molecule has 0 radical (unpaired) electrons.